The molecule has 2 aromatic heterocycles. The first-order chi connectivity index (χ1) is 10.6. The van der Waals surface area contributed by atoms with E-state index in [1.54, 1.807) is 25.2 Å². The minimum absolute atomic E-state index is 0.0409. The lowest BCUT2D eigenvalue weighted by Crippen LogP contribution is -2.34. The molecule has 1 atom stereocenters. The van der Waals surface area contributed by atoms with Crippen LogP contribution in [0.2, 0.25) is 0 Å². The average molecular weight is 314 g/mol. The lowest BCUT2D eigenvalue weighted by Gasteiger charge is -2.13. The van der Waals surface area contributed by atoms with Crippen molar-refractivity contribution in [2.75, 3.05) is 0 Å². The summed E-state index contributed by atoms with van der Waals surface area (Å²) in [5, 5.41) is 10.3. The molecule has 4 nitrogen and oxygen atoms in total. The summed E-state index contributed by atoms with van der Waals surface area (Å²) in [7, 11) is 0. The molecule has 0 aliphatic carbocycles. The normalized spacial score (nSPS) is 12.5. The molecule has 1 aromatic carbocycles. The van der Waals surface area contributed by atoms with Gasteiger partial charge in [-0.1, -0.05) is 23.4 Å². The number of carbonyl (C=O) groups is 1. The highest BCUT2D eigenvalue weighted by Crippen LogP contribution is 2.26. The van der Waals surface area contributed by atoms with Crippen LogP contribution < -0.4 is 5.32 Å². The van der Waals surface area contributed by atoms with E-state index in [0.717, 1.165) is 6.42 Å². The maximum Gasteiger partial charge on any atom is 0.257 e. The predicted octanol–water partition coefficient (Wildman–Crippen LogP) is 3.87. The number of thiophene rings is 1. The molecule has 2 heterocycles. The first-order valence-corrected chi connectivity index (χ1v) is 8.13. The summed E-state index contributed by atoms with van der Waals surface area (Å²) >= 11 is 1.74. The van der Waals surface area contributed by atoms with Gasteiger partial charge in [-0.25, -0.2) is 0 Å². The number of aryl methyl sites for hydroxylation is 2. The summed E-state index contributed by atoms with van der Waals surface area (Å²) in [4.78, 5) is 12.3. The Bertz CT molecular complexity index is 800. The Balaban J connectivity index is 1.73. The first-order valence-electron chi connectivity index (χ1n) is 7.25. The Morgan fingerprint density at radius 2 is 2.14 bits per heavy atom. The van der Waals surface area contributed by atoms with Gasteiger partial charge in [0.2, 0.25) is 0 Å². The zero-order valence-electron chi connectivity index (χ0n) is 12.8. The van der Waals surface area contributed by atoms with E-state index in [1.807, 2.05) is 19.1 Å². The number of carbonyl (C=O) groups excluding carboxylic acids is 1. The standard InChI is InChI=1S/C17H18N2O2S/c1-10(18-17(20)16-11(2)19-21-12(16)3)8-13-9-22-15-7-5-4-6-14(13)15/h4-7,9-10H,8H2,1-3H3,(H,18,20). The van der Waals surface area contributed by atoms with Crippen LogP contribution in [0.15, 0.2) is 34.2 Å². The first kappa shape index (κ1) is 14.8. The molecule has 0 aliphatic heterocycles. The topological polar surface area (TPSA) is 55.1 Å². The van der Waals surface area contributed by atoms with Gasteiger partial charge in [0.1, 0.15) is 11.3 Å². The molecule has 3 aromatic rings. The smallest absolute Gasteiger partial charge is 0.257 e. The summed E-state index contributed by atoms with van der Waals surface area (Å²) in [6, 6.07) is 8.39. The monoisotopic (exact) mass is 314 g/mol. The molecule has 0 saturated heterocycles. The molecule has 0 radical (unpaired) electrons. The van der Waals surface area contributed by atoms with Crippen LogP contribution in [0.4, 0.5) is 0 Å². The summed E-state index contributed by atoms with van der Waals surface area (Å²) in [6.45, 7) is 5.55. The van der Waals surface area contributed by atoms with Gasteiger partial charge in [-0.05, 0) is 49.6 Å². The van der Waals surface area contributed by atoms with Crippen LogP contribution in [0.25, 0.3) is 10.1 Å². The fourth-order valence-electron chi connectivity index (χ4n) is 2.67. The van der Waals surface area contributed by atoms with E-state index < -0.39 is 0 Å². The minimum atomic E-state index is -0.122. The Kier molecular flexibility index (Phi) is 3.98. The van der Waals surface area contributed by atoms with E-state index in [-0.39, 0.29) is 11.9 Å². The number of hydrogen-bond acceptors (Lipinski definition) is 4. The van der Waals surface area contributed by atoms with Gasteiger partial charge >= 0.3 is 0 Å². The van der Waals surface area contributed by atoms with E-state index >= 15 is 0 Å². The zero-order valence-corrected chi connectivity index (χ0v) is 13.7. The Labute approximate surface area is 133 Å². The van der Waals surface area contributed by atoms with Gasteiger partial charge in [-0.3, -0.25) is 4.79 Å². The maximum atomic E-state index is 12.3. The van der Waals surface area contributed by atoms with Crippen molar-refractivity contribution in [3.8, 4) is 0 Å². The van der Waals surface area contributed by atoms with Crippen LogP contribution in [0, 0.1) is 13.8 Å². The van der Waals surface area contributed by atoms with Gasteiger partial charge in [-0.15, -0.1) is 11.3 Å². The van der Waals surface area contributed by atoms with E-state index in [0.29, 0.717) is 17.0 Å². The third-order valence-electron chi connectivity index (χ3n) is 3.73. The molecule has 0 aliphatic rings. The molecule has 114 valence electrons. The van der Waals surface area contributed by atoms with E-state index in [9.17, 15) is 4.79 Å². The highest BCUT2D eigenvalue weighted by molar-refractivity contribution is 7.17. The third kappa shape index (κ3) is 2.76. The second-order valence-electron chi connectivity index (χ2n) is 5.53. The number of fused-ring (bicyclic) bond motifs is 1. The van der Waals surface area contributed by atoms with E-state index in [2.05, 4.69) is 28.0 Å². The Morgan fingerprint density at radius 3 is 2.86 bits per heavy atom. The highest BCUT2D eigenvalue weighted by Gasteiger charge is 2.19. The second-order valence-corrected chi connectivity index (χ2v) is 6.45. The minimum Gasteiger partial charge on any atom is -0.361 e. The third-order valence-corrected chi connectivity index (χ3v) is 4.74. The van der Waals surface area contributed by atoms with Crippen LogP contribution in [0.3, 0.4) is 0 Å². The largest absolute Gasteiger partial charge is 0.361 e. The molecule has 0 saturated carbocycles. The molecule has 1 unspecified atom stereocenters. The Morgan fingerprint density at radius 1 is 1.36 bits per heavy atom. The fourth-order valence-corrected chi connectivity index (χ4v) is 3.65. The number of nitrogens with zero attached hydrogens (tertiary/aromatic N) is 1. The van der Waals surface area contributed by atoms with Crippen molar-refractivity contribution in [2.45, 2.75) is 33.2 Å². The van der Waals surface area contributed by atoms with Gasteiger partial charge in [0.15, 0.2) is 0 Å². The predicted molar refractivity (Wildman–Crippen MR) is 88.4 cm³/mol. The van der Waals surface area contributed by atoms with Crippen molar-refractivity contribution < 1.29 is 9.32 Å². The second kappa shape index (κ2) is 5.93. The maximum absolute atomic E-state index is 12.3. The number of benzene rings is 1. The van der Waals surface area contributed by atoms with Crippen LogP contribution in [0.5, 0.6) is 0 Å². The molecule has 22 heavy (non-hydrogen) atoms. The summed E-state index contributed by atoms with van der Waals surface area (Å²) < 4.78 is 6.33. The van der Waals surface area contributed by atoms with Gasteiger partial charge in [0, 0.05) is 10.7 Å². The van der Waals surface area contributed by atoms with Crippen molar-refractivity contribution in [1.29, 1.82) is 0 Å². The lowest BCUT2D eigenvalue weighted by atomic mass is 10.1. The molecular formula is C17H18N2O2S. The number of amides is 1. The SMILES string of the molecule is Cc1noc(C)c1C(=O)NC(C)Cc1csc2ccccc12. The van der Waals surface area contributed by atoms with Crippen molar-refractivity contribution in [3.63, 3.8) is 0 Å². The van der Waals surface area contributed by atoms with Crippen LogP contribution in [0.1, 0.15) is 34.3 Å². The highest BCUT2D eigenvalue weighted by atomic mass is 32.1. The summed E-state index contributed by atoms with van der Waals surface area (Å²) in [5.74, 6) is 0.437. The van der Waals surface area contributed by atoms with Gasteiger partial charge in [0.25, 0.3) is 5.91 Å². The van der Waals surface area contributed by atoms with Crippen molar-refractivity contribution in [3.05, 3.63) is 52.2 Å². The van der Waals surface area contributed by atoms with Crippen LogP contribution >= 0.6 is 11.3 Å². The molecule has 5 heteroatoms. The molecular weight excluding hydrogens is 296 g/mol. The van der Waals surface area contributed by atoms with E-state index in [4.69, 9.17) is 4.52 Å². The summed E-state index contributed by atoms with van der Waals surface area (Å²) in [5.41, 5.74) is 2.44. The van der Waals surface area contributed by atoms with Crippen LogP contribution in [-0.4, -0.2) is 17.1 Å². The molecule has 0 spiro atoms. The molecule has 0 fully saturated rings. The number of rotatable bonds is 4. The number of nitrogens with one attached hydrogen (secondary N) is 1. The van der Waals surface area contributed by atoms with E-state index in [1.165, 1.54) is 15.6 Å². The van der Waals surface area contributed by atoms with Gasteiger partial charge < -0.3 is 9.84 Å². The van der Waals surface area contributed by atoms with Crippen molar-refractivity contribution in [2.24, 2.45) is 0 Å². The van der Waals surface area contributed by atoms with Crippen molar-refractivity contribution in [1.82, 2.24) is 10.5 Å². The average Bonchev–Trinajstić information content (AvgIpc) is 3.03. The molecule has 3 rings (SSSR count). The fraction of sp³-hybridized carbons (Fsp3) is 0.294. The molecule has 1 N–H and O–H groups in total. The Hall–Kier alpha value is -2.14. The molecule has 0 bridgehead atoms. The van der Waals surface area contributed by atoms with Gasteiger partial charge in [-0.2, -0.15) is 0 Å². The number of aromatic nitrogens is 1. The van der Waals surface area contributed by atoms with Crippen molar-refractivity contribution >= 4 is 27.3 Å². The summed E-state index contributed by atoms with van der Waals surface area (Å²) in [6.07, 6.45) is 0.805. The number of hydrogen-bond donors (Lipinski definition) is 1. The zero-order chi connectivity index (χ0) is 15.7. The lowest BCUT2D eigenvalue weighted by molar-refractivity contribution is 0.0938. The quantitative estimate of drug-likeness (QED) is 0.795. The van der Waals surface area contributed by atoms with Gasteiger partial charge in [0.05, 0.1) is 5.69 Å². The molecule has 1 amide bonds. The van der Waals surface area contributed by atoms with Crippen LogP contribution in [-0.2, 0) is 6.42 Å².